The molecule has 0 radical (unpaired) electrons. The van der Waals surface area contributed by atoms with Gasteiger partial charge in [0.15, 0.2) is 0 Å². The van der Waals surface area contributed by atoms with Crippen LogP contribution in [0.2, 0.25) is 0 Å². The third-order valence-electron chi connectivity index (χ3n) is 3.94. The molecule has 2 N–H and O–H groups in total. The quantitative estimate of drug-likeness (QED) is 0.568. The van der Waals surface area contributed by atoms with Crippen LogP contribution in [0.5, 0.6) is 0 Å². The molecule has 3 aromatic carbocycles. The Morgan fingerprint density at radius 1 is 0.885 bits per heavy atom. The van der Waals surface area contributed by atoms with E-state index in [4.69, 9.17) is 0 Å². The third kappa shape index (κ3) is 3.04. The lowest BCUT2D eigenvalue weighted by atomic mass is 10.2. The number of benzene rings is 3. The zero-order valence-corrected chi connectivity index (χ0v) is 14.3. The molecule has 4 rings (SSSR count). The van der Waals surface area contributed by atoms with Crippen LogP contribution in [0.15, 0.2) is 77.7 Å². The summed E-state index contributed by atoms with van der Waals surface area (Å²) in [7, 11) is -3.85. The van der Waals surface area contributed by atoms with Gasteiger partial charge >= 0.3 is 0 Å². The Morgan fingerprint density at radius 3 is 2.35 bits per heavy atom. The van der Waals surface area contributed by atoms with E-state index in [1.807, 2.05) is 24.3 Å². The number of rotatable bonds is 4. The highest BCUT2D eigenvalue weighted by atomic mass is 32.2. The molecule has 0 saturated carbocycles. The summed E-state index contributed by atoms with van der Waals surface area (Å²) < 4.78 is 40.8. The number of H-pyrrole nitrogens is 1. The molecule has 0 spiro atoms. The molecule has 0 amide bonds. The SMILES string of the molecule is O=S(=O)(Nc1ccccc1-c1nc2ccccc2[nH]1)c1ccc(F)cc1. The number of aromatic amines is 1. The molecule has 130 valence electrons. The first-order valence-electron chi connectivity index (χ1n) is 7.85. The number of hydrogen-bond acceptors (Lipinski definition) is 3. The van der Waals surface area contributed by atoms with E-state index >= 15 is 0 Å². The van der Waals surface area contributed by atoms with Gasteiger partial charge in [-0.2, -0.15) is 0 Å². The van der Waals surface area contributed by atoms with Crippen molar-refractivity contribution < 1.29 is 12.8 Å². The molecule has 0 fully saturated rings. The van der Waals surface area contributed by atoms with Crippen LogP contribution in [0.4, 0.5) is 10.1 Å². The van der Waals surface area contributed by atoms with Gasteiger partial charge in [0.25, 0.3) is 10.0 Å². The van der Waals surface area contributed by atoms with Crippen molar-refractivity contribution in [2.75, 3.05) is 4.72 Å². The van der Waals surface area contributed by atoms with E-state index in [9.17, 15) is 12.8 Å². The first-order valence-corrected chi connectivity index (χ1v) is 9.34. The largest absolute Gasteiger partial charge is 0.338 e. The third-order valence-corrected chi connectivity index (χ3v) is 5.32. The lowest BCUT2D eigenvalue weighted by Gasteiger charge is -2.11. The Labute approximate surface area is 149 Å². The van der Waals surface area contributed by atoms with E-state index in [-0.39, 0.29) is 4.90 Å². The second-order valence-electron chi connectivity index (χ2n) is 5.71. The van der Waals surface area contributed by atoms with Gasteiger partial charge in [-0.15, -0.1) is 0 Å². The average molecular weight is 367 g/mol. The van der Waals surface area contributed by atoms with Crippen molar-refractivity contribution in [1.82, 2.24) is 9.97 Å². The summed E-state index contributed by atoms with van der Waals surface area (Å²) in [6, 6.07) is 19.2. The Balaban J connectivity index is 1.75. The van der Waals surface area contributed by atoms with Gasteiger partial charge in [-0.25, -0.2) is 17.8 Å². The highest BCUT2D eigenvalue weighted by molar-refractivity contribution is 7.92. The Bertz CT molecular complexity index is 1150. The molecule has 0 aliphatic carbocycles. The van der Waals surface area contributed by atoms with Gasteiger partial charge in [0.2, 0.25) is 0 Å². The lowest BCUT2D eigenvalue weighted by molar-refractivity contribution is 0.599. The molecule has 5 nitrogen and oxygen atoms in total. The summed E-state index contributed by atoms with van der Waals surface area (Å²) in [5.74, 6) is 0.0650. The van der Waals surface area contributed by atoms with Crippen LogP contribution in [0.1, 0.15) is 0 Å². The predicted octanol–water partition coefficient (Wildman–Crippen LogP) is 4.17. The van der Waals surface area contributed by atoms with Crippen LogP contribution < -0.4 is 4.72 Å². The summed E-state index contributed by atoms with van der Waals surface area (Å²) in [4.78, 5) is 7.69. The summed E-state index contributed by atoms with van der Waals surface area (Å²) in [5.41, 5.74) is 2.66. The molecule has 1 aromatic heterocycles. The fourth-order valence-corrected chi connectivity index (χ4v) is 3.76. The number of sulfonamides is 1. The van der Waals surface area contributed by atoms with Crippen LogP contribution in [-0.4, -0.2) is 18.4 Å². The number of fused-ring (bicyclic) bond motifs is 1. The van der Waals surface area contributed by atoms with E-state index in [2.05, 4.69) is 14.7 Å². The van der Waals surface area contributed by atoms with Crippen LogP contribution in [0, 0.1) is 5.82 Å². The van der Waals surface area contributed by atoms with Crippen molar-refractivity contribution in [2.24, 2.45) is 0 Å². The molecule has 0 unspecified atom stereocenters. The zero-order valence-electron chi connectivity index (χ0n) is 13.5. The molecule has 1 heterocycles. The maximum Gasteiger partial charge on any atom is 0.261 e. The zero-order chi connectivity index (χ0) is 18.1. The van der Waals surface area contributed by atoms with E-state index < -0.39 is 15.8 Å². The van der Waals surface area contributed by atoms with Gasteiger partial charge in [-0.3, -0.25) is 4.72 Å². The van der Waals surface area contributed by atoms with Gasteiger partial charge in [0, 0.05) is 5.56 Å². The van der Waals surface area contributed by atoms with Crippen molar-refractivity contribution >= 4 is 26.7 Å². The van der Waals surface area contributed by atoms with Crippen LogP contribution in [0.25, 0.3) is 22.4 Å². The molecule has 0 bridgehead atoms. The van der Waals surface area contributed by atoms with Crippen LogP contribution >= 0.6 is 0 Å². The smallest absolute Gasteiger partial charge is 0.261 e. The highest BCUT2D eigenvalue weighted by Gasteiger charge is 2.17. The number of nitrogens with one attached hydrogen (secondary N) is 2. The molecular weight excluding hydrogens is 353 g/mol. The summed E-state index contributed by atoms with van der Waals surface area (Å²) >= 11 is 0. The second-order valence-corrected chi connectivity index (χ2v) is 7.39. The van der Waals surface area contributed by atoms with Crippen molar-refractivity contribution in [1.29, 1.82) is 0 Å². The molecule has 7 heteroatoms. The fraction of sp³-hybridized carbons (Fsp3) is 0. The van der Waals surface area contributed by atoms with Gasteiger partial charge < -0.3 is 4.98 Å². The fourth-order valence-electron chi connectivity index (χ4n) is 2.68. The average Bonchev–Trinajstić information content (AvgIpc) is 3.06. The number of anilines is 1. The number of aromatic nitrogens is 2. The first-order chi connectivity index (χ1) is 12.5. The van der Waals surface area contributed by atoms with Crippen LogP contribution in [0.3, 0.4) is 0 Å². The van der Waals surface area contributed by atoms with E-state index in [0.717, 1.165) is 23.2 Å². The molecule has 26 heavy (non-hydrogen) atoms. The molecular formula is C19H14FN3O2S. The predicted molar refractivity (Wildman–Crippen MR) is 98.7 cm³/mol. The number of imidazole rings is 1. The summed E-state index contributed by atoms with van der Waals surface area (Å²) in [6.07, 6.45) is 0. The minimum atomic E-state index is -3.85. The first kappa shape index (κ1) is 16.3. The van der Waals surface area contributed by atoms with Crippen molar-refractivity contribution in [3.05, 3.63) is 78.6 Å². The lowest BCUT2D eigenvalue weighted by Crippen LogP contribution is -2.13. The second kappa shape index (κ2) is 6.27. The Kier molecular flexibility index (Phi) is 3.93. The maximum atomic E-state index is 13.1. The van der Waals surface area contributed by atoms with Crippen molar-refractivity contribution in [3.63, 3.8) is 0 Å². The van der Waals surface area contributed by atoms with Gasteiger partial charge in [-0.1, -0.05) is 24.3 Å². The van der Waals surface area contributed by atoms with Gasteiger partial charge in [0.05, 0.1) is 21.6 Å². The maximum absolute atomic E-state index is 13.1. The molecule has 0 atom stereocenters. The summed E-state index contributed by atoms with van der Waals surface area (Å²) in [6.45, 7) is 0. The molecule has 0 aliphatic heterocycles. The van der Waals surface area contributed by atoms with Crippen molar-refractivity contribution in [3.8, 4) is 11.4 Å². The van der Waals surface area contributed by atoms with E-state index in [1.54, 1.807) is 24.3 Å². The number of hydrogen-bond donors (Lipinski definition) is 2. The van der Waals surface area contributed by atoms with Gasteiger partial charge in [0.1, 0.15) is 11.6 Å². The Morgan fingerprint density at radius 2 is 1.58 bits per heavy atom. The highest BCUT2D eigenvalue weighted by Crippen LogP contribution is 2.29. The standard InChI is InChI=1S/C19H14FN3O2S/c20-13-9-11-14(12-10-13)26(24,25)23-16-6-2-1-5-15(16)19-21-17-7-3-4-8-18(17)22-19/h1-12,23H,(H,21,22). The van der Waals surface area contributed by atoms with E-state index in [0.29, 0.717) is 17.1 Å². The Hall–Kier alpha value is -3.19. The topological polar surface area (TPSA) is 74.8 Å². The molecule has 4 aromatic rings. The molecule has 0 saturated heterocycles. The number of halogens is 1. The van der Waals surface area contributed by atoms with Crippen molar-refractivity contribution in [2.45, 2.75) is 4.90 Å². The minimum Gasteiger partial charge on any atom is -0.338 e. The minimum absolute atomic E-state index is 0.0155. The monoisotopic (exact) mass is 367 g/mol. The number of nitrogens with zero attached hydrogens (tertiary/aromatic N) is 1. The summed E-state index contributed by atoms with van der Waals surface area (Å²) in [5, 5.41) is 0. The van der Waals surface area contributed by atoms with E-state index in [1.165, 1.54) is 12.1 Å². The molecule has 0 aliphatic rings. The number of para-hydroxylation sites is 3. The van der Waals surface area contributed by atoms with Crippen LogP contribution in [-0.2, 0) is 10.0 Å². The van der Waals surface area contributed by atoms with Gasteiger partial charge in [-0.05, 0) is 48.5 Å². The normalized spacial score (nSPS) is 11.6.